The van der Waals surface area contributed by atoms with Crippen molar-refractivity contribution >= 4 is 11.8 Å². The predicted molar refractivity (Wildman–Crippen MR) is 57.0 cm³/mol. The van der Waals surface area contributed by atoms with Crippen LogP contribution >= 0.6 is 0 Å². The van der Waals surface area contributed by atoms with Crippen molar-refractivity contribution in [1.29, 1.82) is 0 Å². The molecule has 1 fully saturated rings. The minimum atomic E-state index is -0.0164. The van der Waals surface area contributed by atoms with Gasteiger partial charge in [-0.05, 0) is 18.8 Å². The summed E-state index contributed by atoms with van der Waals surface area (Å²) in [4.78, 5) is 23.9. The largest absolute Gasteiger partial charge is 0.356 e. The van der Waals surface area contributed by atoms with Crippen LogP contribution < -0.4 is 11.1 Å². The van der Waals surface area contributed by atoms with Crippen molar-refractivity contribution in [3.8, 4) is 0 Å². The topological polar surface area (TPSA) is 75.4 Å². The van der Waals surface area contributed by atoms with Crippen molar-refractivity contribution < 1.29 is 9.59 Å². The normalized spacial score (nSPS) is 21.2. The van der Waals surface area contributed by atoms with Crippen molar-refractivity contribution in [2.45, 2.75) is 19.8 Å². The maximum atomic E-state index is 11.4. The first-order valence-corrected chi connectivity index (χ1v) is 5.35. The molecule has 86 valence electrons. The maximum Gasteiger partial charge on any atom is 0.236 e. The Morgan fingerprint density at radius 1 is 1.53 bits per heavy atom. The molecular formula is C10H19N3O2. The molecule has 0 saturated carbocycles. The van der Waals surface area contributed by atoms with Crippen molar-refractivity contribution in [3.63, 3.8) is 0 Å². The third-order valence-corrected chi connectivity index (χ3v) is 2.69. The van der Waals surface area contributed by atoms with E-state index in [1.807, 2.05) is 0 Å². The fourth-order valence-corrected chi connectivity index (χ4v) is 1.88. The zero-order valence-corrected chi connectivity index (χ0v) is 9.16. The molecule has 3 N–H and O–H groups in total. The SMILES string of the molecule is CC(=O)NC[C@@H]1CCCN(C(=O)CN)C1. The van der Waals surface area contributed by atoms with Crippen LogP contribution in [0.25, 0.3) is 0 Å². The third kappa shape index (κ3) is 3.87. The lowest BCUT2D eigenvalue weighted by atomic mass is 9.98. The Labute approximate surface area is 90.0 Å². The molecule has 0 aromatic rings. The first kappa shape index (κ1) is 12.0. The smallest absolute Gasteiger partial charge is 0.236 e. The molecule has 1 saturated heterocycles. The zero-order chi connectivity index (χ0) is 11.3. The van der Waals surface area contributed by atoms with Crippen LogP contribution in [0.4, 0.5) is 0 Å². The highest BCUT2D eigenvalue weighted by atomic mass is 16.2. The lowest BCUT2D eigenvalue weighted by Gasteiger charge is -2.32. The monoisotopic (exact) mass is 213 g/mol. The molecule has 0 aromatic carbocycles. The molecule has 5 nitrogen and oxygen atoms in total. The Hall–Kier alpha value is -1.10. The van der Waals surface area contributed by atoms with Crippen LogP contribution in [0.1, 0.15) is 19.8 Å². The number of rotatable bonds is 3. The van der Waals surface area contributed by atoms with E-state index in [1.54, 1.807) is 4.90 Å². The first-order valence-electron chi connectivity index (χ1n) is 5.35. The summed E-state index contributed by atoms with van der Waals surface area (Å²) in [6.45, 7) is 3.76. The molecule has 0 aliphatic carbocycles. The molecular weight excluding hydrogens is 194 g/mol. The quantitative estimate of drug-likeness (QED) is 0.652. The van der Waals surface area contributed by atoms with Gasteiger partial charge in [0.05, 0.1) is 6.54 Å². The van der Waals surface area contributed by atoms with Gasteiger partial charge >= 0.3 is 0 Å². The third-order valence-electron chi connectivity index (χ3n) is 2.69. The van der Waals surface area contributed by atoms with Crippen LogP contribution in [-0.2, 0) is 9.59 Å². The van der Waals surface area contributed by atoms with Crippen LogP contribution in [0.5, 0.6) is 0 Å². The van der Waals surface area contributed by atoms with Gasteiger partial charge in [-0.2, -0.15) is 0 Å². The van der Waals surface area contributed by atoms with E-state index in [0.29, 0.717) is 12.5 Å². The van der Waals surface area contributed by atoms with Crippen molar-refractivity contribution in [2.24, 2.45) is 11.7 Å². The molecule has 0 radical (unpaired) electrons. The molecule has 2 amide bonds. The standard InChI is InChI=1S/C10H19N3O2/c1-8(14)12-6-9-3-2-4-13(7-9)10(15)5-11/h9H,2-7,11H2,1H3,(H,12,14)/t9-/m0/s1. The predicted octanol–water partition coefficient (Wildman–Crippen LogP) is -0.680. The van der Waals surface area contributed by atoms with Crippen LogP contribution in [0.15, 0.2) is 0 Å². The first-order chi connectivity index (χ1) is 7.13. The van der Waals surface area contributed by atoms with Gasteiger partial charge in [-0.3, -0.25) is 9.59 Å². The second-order valence-corrected chi connectivity index (χ2v) is 3.99. The molecule has 0 aromatic heterocycles. The minimum Gasteiger partial charge on any atom is -0.356 e. The molecule has 0 spiro atoms. The lowest BCUT2D eigenvalue weighted by molar-refractivity contribution is -0.131. The van der Waals surface area contributed by atoms with Crippen molar-refractivity contribution in [2.75, 3.05) is 26.2 Å². The maximum absolute atomic E-state index is 11.4. The Bertz CT molecular complexity index is 243. The van der Waals surface area contributed by atoms with Gasteiger partial charge in [0.1, 0.15) is 0 Å². The van der Waals surface area contributed by atoms with Crippen molar-refractivity contribution in [1.82, 2.24) is 10.2 Å². The molecule has 0 bridgehead atoms. The number of piperidine rings is 1. The summed E-state index contributed by atoms with van der Waals surface area (Å²) in [5, 5.41) is 2.78. The Morgan fingerprint density at radius 2 is 2.27 bits per heavy atom. The molecule has 1 atom stereocenters. The van der Waals surface area contributed by atoms with Gasteiger partial charge in [-0.1, -0.05) is 0 Å². The zero-order valence-electron chi connectivity index (χ0n) is 9.16. The average molecular weight is 213 g/mol. The molecule has 1 aliphatic rings. The molecule has 1 rings (SSSR count). The molecule has 15 heavy (non-hydrogen) atoms. The van der Waals surface area contributed by atoms with E-state index < -0.39 is 0 Å². The van der Waals surface area contributed by atoms with Crippen LogP contribution in [0.2, 0.25) is 0 Å². The van der Waals surface area contributed by atoms with Gasteiger partial charge in [-0.15, -0.1) is 0 Å². The lowest BCUT2D eigenvalue weighted by Crippen LogP contribution is -2.45. The summed E-state index contributed by atoms with van der Waals surface area (Å²) >= 11 is 0. The van der Waals surface area contributed by atoms with E-state index in [0.717, 1.165) is 25.9 Å². The second kappa shape index (κ2) is 5.70. The molecule has 5 heteroatoms. The summed E-state index contributed by atoms with van der Waals surface area (Å²) in [5.74, 6) is 0.359. The fourth-order valence-electron chi connectivity index (χ4n) is 1.88. The number of amides is 2. The van der Waals surface area contributed by atoms with Crippen LogP contribution in [0, 0.1) is 5.92 Å². The van der Waals surface area contributed by atoms with Crippen LogP contribution in [0.3, 0.4) is 0 Å². The van der Waals surface area contributed by atoms with Crippen molar-refractivity contribution in [3.05, 3.63) is 0 Å². The molecule has 1 heterocycles. The minimum absolute atomic E-state index is 0.00234. The average Bonchev–Trinajstić information content (AvgIpc) is 2.25. The van der Waals surface area contributed by atoms with Gasteiger partial charge < -0.3 is 16.0 Å². The van der Waals surface area contributed by atoms with Gasteiger partial charge in [0, 0.05) is 26.6 Å². The number of carbonyl (C=O) groups is 2. The number of nitrogens with two attached hydrogens (primary N) is 1. The number of hydrogen-bond donors (Lipinski definition) is 2. The van der Waals surface area contributed by atoms with E-state index in [4.69, 9.17) is 5.73 Å². The summed E-state index contributed by atoms with van der Waals surface area (Å²) in [6, 6.07) is 0. The van der Waals surface area contributed by atoms with E-state index in [1.165, 1.54) is 6.92 Å². The van der Waals surface area contributed by atoms with E-state index >= 15 is 0 Å². The van der Waals surface area contributed by atoms with Gasteiger partial charge in [-0.25, -0.2) is 0 Å². The van der Waals surface area contributed by atoms with E-state index in [9.17, 15) is 9.59 Å². The number of hydrogen-bond acceptors (Lipinski definition) is 3. The van der Waals surface area contributed by atoms with Gasteiger partial charge in [0.2, 0.25) is 11.8 Å². The molecule has 1 aliphatic heterocycles. The highest BCUT2D eigenvalue weighted by molar-refractivity contribution is 5.78. The van der Waals surface area contributed by atoms with Crippen LogP contribution in [-0.4, -0.2) is 42.9 Å². The van der Waals surface area contributed by atoms with E-state index in [2.05, 4.69) is 5.32 Å². The number of carbonyl (C=O) groups excluding carboxylic acids is 2. The highest BCUT2D eigenvalue weighted by Gasteiger charge is 2.22. The Kier molecular flexibility index (Phi) is 4.55. The summed E-state index contributed by atoms with van der Waals surface area (Å²) < 4.78 is 0. The summed E-state index contributed by atoms with van der Waals surface area (Å²) in [6.07, 6.45) is 2.06. The number of likely N-dealkylation sites (tertiary alicyclic amines) is 1. The summed E-state index contributed by atoms with van der Waals surface area (Å²) in [5.41, 5.74) is 5.31. The molecule has 0 unspecified atom stereocenters. The van der Waals surface area contributed by atoms with Gasteiger partial charge in [0.25, 0.3) is 0 Å². The highest BCUT2D eigenvalue weighted by Crippen LogP contribution is 2.15. The number of nitrogens with one attached hydrogen (secondary N) is 1. The summed E-state index contributed by atoms with van der Waals surface area (Å²) in [7, 11) is 0. The Balaban J connectivity index is 2.35. The van der Waals surface area contributed by atoms with Gasteiger partial charge in [0.15, 0.2) is 0 Å². The number of nitrogens with zero attached hydrogens (tertiary/aromatic N) is 1. The Morgan fingerprint density at radius 3 is 2.87 bits per heavy atom. The fraction of sp³-hybridized carbons (Fsp3) is 0.800. The second-order valence-electron chi connectivity index (χ2n) is 3.99. The van der Waals surface area contributed by atoms with E-state index in [-0.39, 0.29) is 18.4 Å².